The maximum atomic E-state index is 11.1. The summed E-state index contributed by atoms with van der Waals surface area (Å²) in [5, 5.41) is 0.612. The lowest BCUT2D eigenvalue weighted by molar-refractivity contribution is 0.942. The average molecular weight is 245 g/mol. The number of aromatic nitrogens is 2. The monoisotopic (exact) mass is 245 g/mol. The predicted octanol–water partition coefficient (Wildman–Crippen LogP) is 1.59. The number of nitrogen functional groups attached to an aromatic ring is 1. The third-order valence-corrected chi connectivity index (χ3v) is 3.56. The van der Waals surface area contributed by atoms with Gasteiger partial charge in [-0.1, -0.05) is 18.7 Å². The summed E-state index contributed by atoms with van der Waals surface area (Å²) in [5.41, 5.74) is 5.28. The number of anilines is 1. The van der Waals surface area contributed by atoms with Gasteiger partial charge in [0.05, 0.1) is 0 Å². The number of aromatic amines is 1. The van der Waals surface area contributed by atoms with E-state index >= 15 is 0 Å². The lowest BCUT2D eigenvalue weighted by Crippen LogP contribution is -2.09. The Morgan fingerprint density at radius 2 is 2.33 bits per heavy atom. The number of H-pyrrole nitrogens is 1. The van der Waals surface area contributed by atoms with Crippen LogP contribution in [0.4, 0.5) is 5.82 Å². The van der Waals surface area contributed by atoms with Gasteiger partial charge in [-0.05, 0) is 17.9 Å². The highest BCUT2D eigenvalue weighted by Crippen LogP contribution is 2.14. The first-order valence-electron chi connectivity index (χ1n) is 4.79. The van der Waals surface area contributed by atoms with E-state index in [2.05, 4.69) is 16.9 Å². The zero-order valence-corrected chi connectivity index (χ0v) is 10.3. The van der Waals surface area contributed by atoms with Gasteiger partial charge >= 0.3 is 0 Å². The molecule has 0 radical (unpaired) electrons. The molecule has 1 aromatic rings. The minimum atomic E-state index is -0.187. The highest BCUT2D eigenvalue weighted by Gasteiger charge is 1.99. The Labute approximate surface area is 97.4 Å². The summed E-state index contributed by atoms with van der Waals surface area (Å²) in [5.74, 6) is 3.54. The molecule has 0 aromatic carbocycles. The van der Waals surface area contributed by atoms with Gasteiger partial charge in [-0.15, -0.1) is 0 Å². The summed E-state index contributed by atoms with van der Waals surface area (Å²) in [6.07, 6.45) is 1.11. The molecule has 1 rings (SSSR count). The second kappa shape index (κ2) is 6.79. The zero-order chi connectivity index (χ0) is 11.1. The fraction of sp³-hybridized carbons (Fsp3) is 0.556. The Bertz CT molecular complexity index is 353. The largest absolute Gasteiger partial charge is 0.383 e. The van der Waals surface area contributed by atoms with E-state index in [1.807, 2.05) is 11.8 Å². The number of hydrogen-bond donors (Lipinski definition) is 2. The molecule has 0 atom stereocenters. The molecule has 0 unspecified atom stereocenters. The van der Waals surface area contributed by atoms with Crippen molar-refractivity contribution in [1.29, 1.82) is 0 Å². The smallest absolute Gasteiger partial charge is 0.253 e. The van der Waals surface area contributed by atoms with Gasteiger partial charge < -0.3 is 10.7 Å². The maximum Gasteiger partial charge on any atom is 0.253 e. The molecule has 0 amide bonds. The first-order chi connectivity index (χ1) is 7.22. The number of hydrogen-bond acceptors (Lipinski definition) is 5. The van der Waals surface area contributed by atoms with Crippen molar-refractivity contribution in [2.45, 2.75) is 18.5 Å². The summed E-state index contributed by atoms with van der Waals surface area (Å²) in [6.45, 7) is 2.15. The molecule has 0 bridgehead atoms. The van der Waals surface area contributed by atoms with Crippen molar-refractivity contribution in [3.8, 4) is 0 Å². The van der Waals surface area contributed by atoms with Crippen LogP contribution in [0.15, 0.2) is 16.0 Å². The predicted molar refractivity (Wildman–Crippen MR) is 67.6 cm³/mol. The van der Waals surface area contributed by atoms with Crippen LogP contribution in [0.1, 0.15) is 13.3 Å². The number of nitrogens with one attached hydrogen (secondary N) is 1. The van der Waals surface area contributed by atoms with Crippen LogP contribution in [0.25, 0.3) is 0 Å². The van der Waals surface area contributed by atoms with Gasteiger partial charge in [0.1, 0.15) is 5.82 Å². The first-order valence-corrected chi connectivity index (χ1v) is 6.93. The third kappa shape index (κ3) is 5.13. The molecule has 0 aliphatic carbocycles. The summed E-state index contributed by atoms with van der Waals surface area (Å²) in [4.78, 5) is 17.7. The van der Waals surface area contributed by atoms with E-state index in [1.165, 1.54) is 17.8 Å². The van der Waals surface area contributed by atoms with E-state index in [0.717, 1.165) is 23.7 Å². The van der Waals surface area contributed by atoms with Crippen molar-refractivity contribution >= 4 is 29.3 Å². The number of nitrogens with zero attached hydrogens (tertiary/aromatic N) is 1. The summed E-state index contributed by atoms with van der Waals surface area (Å²) in [6, 6.07) is 1.29. The van der Waals surface area contributed by atoms with Gasteiger partial charge in [0.25, 0.3) is 5.56 Å². The molecule has 4 nitrogen and oxygen atoms in total. The topological polar surface area (TPSA) is 71.8 Å². The van der Waals surface area contributed by atoms with Crippen LogP contribution in [0.5, 0.6) is 0 Å². The maximum absolute atomic E-state index is 11.1. The molecule has 0 fully saturated rings. The molecule has 3 N–H and O–H groups in total. The standard InChI is InChI=1S/C9H15N3OS2/c1-2-14-4-3-5-15-9-11-7(10)6-8(13)12-9/h6H,2-5H2,1H3,(H3,10,11,12,13). The second-order valence-electron chi connectivity index (χ2n) is 2.87. The Morgan fingerprint density at radius 1 is 1.53 bits per heavy atom. The van der Waals surface area contributed by atoms with E-state index in [4.69, 9.17) is 5.73 Å². The molecule has 0 saturated carbocycles. The van der Waals surface area contributed by atoms with Gasteiger partial charge in [-0.25, -0.2) is 4.98 Å². The van der Waals surface area contributed by atoms with Crippen LogP contribution in [-0.4, -0.2) is 27.2 Å². The summed E-state index contributed by atoms with van der Waals surface area (Å²) in [7, 11) is 0. The SMILES string of the molecule is CCSCCCSc1nc(N)cc(=O)[nH]1. The number of rotatable bonds is 6. The molecule has 1 heterocycles. The molecule has 0 spiro atoms. The number of nitrogens with two attached hydrogens (primary N) is 1. The number of thioether (sulfide) groups is 2. The highest BCUT2D eigenvalue weighted by atomic mass is 32.2. The van der Waals surface area contributed by atoms with Crippen molar-refractivity contribution < 1.29 is 0 Å². The van der Waals surface area contributed by atoms with Crippen LogP contribution in [-0.2, 0) is 0 Å². The second-order valence-corrected chi connectivity index (χ2v) is 5.35. The lowest BCUT2D eigenvalue weighted by atomic mass is 10.6. The molecule has 6 heteroatoms. The normalized spacial score (nSPS) is 10.5. The Morgan fingerprint density at radius 3 is 3.00 bits per heavy atom. The lowest BCUT2D eigenvalue weighted by Gasteiger charge is -2.00. The third-order valence-electron chi connectivity index (χ3n) is 1.62. The minimum Gasteiger partial charge on any atom is -0.383 e. The average Bonchev–Trinajstić information content (AvgIpc) is 2.16. The van der Waals surface area contributed by atoms with Gasteiger partial charge in [-0.3, -0.25) is 4.79 Å². The van der Waals surface area contributed by atoms with Gasteiger partial charge in [-0.2, -0.15) is 11.8 Å². The van der Waals surface area contributed by atoms with E-state index in [1.54, 1.807) is 0 Å². The van der Waals surface area contributed by atoms with Crippen LogP contribution in [0.3, 0.4) is 0 Å². The molecule has 0 aliphatic rings. The van der Waals surface area contributed by atoms with Crippen LogP contribution in [0.2, 0.25) is 0 Å². The van der Waals surface area contributed by atoms with E-state index in [-0.39, 0.29) is 11.4 Å². The minimum absolute atomic E-state index is 0.187. The molecular formula is C9H15N3OS2. The van der Waals surface area contributed by atoms with Gasteiger partial charge in [0.15, 0.2) is 5.16 Å². The Balaban J connectivity index is 2.34. The fourth-order valence-electron chi connectivity index (χ4n) is 0.996. The molecule has 84 valence electrons. The first kappa shape index (κ1) is 12.4. The quantitative estimate of drug-likeness (QED) is 0.452. The summed E-state index contributed by atoms with van der Waals surface area (Å²) < 4.78 is 0. The molecule has 1 aromatic heterocycles. The van der Waals surface area contributed by atoms with E-state index in [0.29, 0.717) is 5.16 Å². The zero-order valence-electron chi connectivity index (χ0n) is 8.66. The van der Waals surface area contributed by atoms with Crippen molar-refractivity contribution in [2.24, 2.45) is 0 Å². The van der Waals surface area contributed by atoms with Crippen molar-refractivity contribution in [3.05, 3.63) is 16.4 Å². The van der Waals surface area contributed by atoms with Gasteiger partial charge in [0, 0.05) is 11.8 Å². The van der Waals surface area contributed by atoms with Crippen molar-refractivity contribution in [2.75, 3.05) is 23.0 Å². The van der Waals surface area contributed by atoms with Crippen LogP contribution < -0.4 is 11.3 Å². The summed E-state index contributed by atoms with van der Waals surface area (Å²) >= 11 is 3.46. The van der Waals surface area contributed by atoms with Crippen molar-refractivity contribution in [1.82, 2.24) is 9.97 Å². The molecule has 0 saturated heterocycles. The van der Waals surface area contributed by atoms with Crippen LogP contribution >= 0.6 is 23.5 Å². The van der Waals surface area contributed by atoms with Gasteiger partial charge in [0.2, 0.25) is 0 Å². The fourth-order valence-corrected chi connectivity index (χ4v) is 2.64. The van der Waals surface area contributed by atoms with Crippen LogP contribution in [0, 0.1) is 0 Å². The molecular weight excluding hydrogens is 230 g/mol. The van der Waals surface area contributed by atoms with E-state index < -0.39 is 0 Å². The Kier molecular flexibility index (Phi) is 5.63. The molecule has 15 heavy (non-hydrogen) atoms. The highest BCUT2D eigenvalue weighted by molar-refractivity contribution is 8.00. The van der Waals surface area contributed by atoms with Crippen molar-refractivity contribution in [3.63, 3.8) is 0 Å². The molecule has 0 aliphatic heterocycles. The van der Waals surface area contributed by atoms with E-state index in [9.17, 15) is 4.79 Å². The Hall–Kier alpha value is -0.620.